The molecular formula is C29H33FN2O5. The van der Waals surface area contributed by atoms with Crippen molar-refractivity contribution in [2.24, 2.45) is 5.92 Å². The van der Waals surface area contributed by atoms with Gasteiger partial charge < -0.3 is 25.0 Å². The number of fused-ring (bicyclic) bond motifs is 1. The highest BCUT2D eigenvalue weighted by Crippen LogP contribution is 2.39. The van der Waals surface area contributed by atoms with Crippen LogP contribution in [0.2, 0.25) is 0 Å². The number of benzene rings is 2. The smallest absolute Gasteiger partial charge is 0.309 e. The van der Waals surface area contributed by atoms with Crippen molar-refractivity contribution in [3.05, 3.63) is 76.7 Å². The summed E-state index contributed by atoms with van der Waals surface area (Å²) in [6, 6.07) is 13.1. The van der Waals surface area contributed by atoms with Crippen molar-refractivity contribution in [1.29, 1.82) is 0 Å². The summed E-state index contributed by atoms with van der Waals surface area (Å²) in [5.41, 5.74) is 4.57. The molecule has 37 heavy (non-hydrogen) atoms. The molecule has 4 rings (SSSR count). The van der Waals surface area contributed by atoms with Crippen LogP contribution in [0, 0.1) is 11.7 Å². The number of hydrogen-bond acceptors (Lipinski definition) is 6. The lowest BCUT2D eigenvalue weighted by Gasteiger charge is -2.28. The Morgan fingerprint density at radius 1 is 1.19 bits per heavy atom. The van der Waals surface area contributed by atoms with Crippen LogP contribution in [0.5, 0.6) is 11.6 Å². The van der Waals surface area contributed by atoms with E-state index < -0.39 is 23.8 Å². The van der Waals surface area contributed by atoms with Crippen molar-refractivity contribution in [1.82, 2.24) is 10.3 Å². The molecule has 0 saturated carbocycles. The first-order valence-corrected chi connectivity index (χ1v) is 12.4. The number of methoxy groups -OCH3 is 1. The number of nitrogens with zero attached hydrogens (tertiary/aromatic N) is 1. The van der Waals surface area contributed by atoms with Gasteiger partial charge in [0, 0.05) is 24.2 Å². The fourth-order valence-corrected chi connectivity index (χ4v) is 4.50. The number of ether oxygens (including phenoxy) is 2. The molecule has 0 radical (unpaired) electrons. The summed E-state index contributed by atoms with van der Waals surface area (Å²) < 4.78 is 26.3. The van der Waals surface area contributed by atoms with Crippen LogP contribution >= 0.6 is 0 Å². The number of aromatic nitrogens is 1. The Kier molecular flexibility index (Phi) is 8.10. The van der Waals surface area contributed by atoms with Crippen molar-refractivity contribution >= 4 is 5.97 Å². The van der Waals surface area contributed by atoms with Crippen molar-refractivity contribution in [2.45, 2.75) is 58.4 Å². The SMILES string of the molecule is COc1cc(-c2ccc(C3CCc4ccc([C@H](O)[C@H](C)C(=O)O)cc4O3)cc2CNC(C)C)c(F)cn1. The zero-order chi connectivity index (χ0) is 26.7. The summed E-state index contributed by atoms with van der Waals surface area (Å²) in [5.74, 6) is -1.45. The molecule has 3 N–H and O–H groups in total. The molecule has 0 saturated heterocycles. The fourth-order valence-electron chi connectivity index (χ4n) is 4.50. The molecule has 0 spiro atoms. The van der Waals surface area contributed by atoms with E-state index in [1.165, 1.54) is 20.2 Å². The standard InChI is InChI=1S/C29H33FN2O5/c1-16(2)31-14-21-11-19(7-9-22(21)23-13-27(36-4)32-15-24(23)30)25-10-8-18-5-6-20(12-26(18)37-25)28(33)17(3)29(34)35/h5-7,9,11-13,15-17,25,28,31,33H,8,10,14H2,1-4H3,(H,34,35)/t17-,25?,28+/m0/s1. The number of hydrogen-bond donors (Lipinski definition) is 3. The molecule has 8 heteroatoms. The van der Waals surface area contributed by atoms with Gasteiger partial charge in [0.15, 0.2) is 0 Å². The van der Waals surface area contributed by atoms with E-state index >= 15 is 0 Å². The van der Waals surface area contributed by atoms with E-state index in [-0.39, 0.29) is 12.1 Å². The van der Waals surface area contributed by atoms with Crippen LogP contribution in [-0.2, 0) is 17.8 Å². The average molecular weight is 509 g/mol. The van der Waals surface area contributed by atoms with Gasteiger partial charge in [0.2, 0.25) is 5.88 Å². The zero-order valence-corrected chi connectivity index (χ0v) is 21.5. The number of aliphatic hydroxyl groups is 1. The topological polar surface area (TPSA) is 101 Å². The zero-order valence-electron chi connectivity index (χ0n) is 21.5. The first kappa shape index (κ1) is 26.6. The number of carboxylic acids is 1. The Hall–Kier alpha value is -3.49. The van der Waals surface area contributed by atoms with E-state index in [1.54, 1.807) is 18.2 Å². The lowest BCUT2D eigenvalue weighted by molar-refractivity contribution is -0.145. The second-order valence-electron chi connectivity index (χ2n) is 9.74. The van der Waals surface area contributed by atoms with E-state index in [4.69, 9.17) is 9.47 Å². The van der Waals surface area contributed by atoms with Crippen molar-refractivity contribution in [3.8, 4) is 22.8 Å². The van der Waals surface area contributed by atoms with E-state index in [1.807, 2.05) is 24.3 Å². The lowest BCUT2D eigenvalue weighted by atomic mass is 9.91. The molecule has 1 aliphatic heterocycles. The van der Waals surface area contributed by atoms with Gasteiger partial charge in [-0.2, -0.15) is 0 Å². The molecule has 2 heterocycles. The molecule has 0 aliphatic carbocycles. The molecule has 3 atom stereocenters. The molecule has 196 valence electrons. The summed E-state index contributed by atoms with van der Waals surface area (Å²) in [4.78, 5) is 15.3. The largest absolute Gasteiger partial charge is 0.485 e. The van der Waals surface area contributed by atoms with Crippen LogP contribution in [0.4, 0.5) is 4.39 Å². The van der Waals surface area contributed by atoms with E-state index in [9.17, 15) is 19.4 Å². The number of halogens is 1. The predicted octanol–water partition coefficient (Wildman–Crippen LogP) is 5.21. The first-order chi connectivity index (χ1) is 17.7. The molecule has 0 bridgehead atoms. The quantitative estimate of drug-likeness (QED) is 0.365. The minimum atomic E-state index is -1.13. The molecule has 2 aromatic carbocycles. The van der Waals surface area contributed by atoms with Crippen LogP contribution in [0.25, 0.3) is 11.1 Å². The van der Waals surface area contributed by atoms with Crippen molar-refractivity contribution in [3.63, 3.8) is 0 Å². The Morgan fingerprint density at radius 3 is 2.68 bits per heavy atom. The van der Waals surface area contributed by atoms with Crippen LogP contribution in [0.15, 0.2) is 48.7 Å². The number of aliphatic carboxylic acids is 1. The van der Waals surface area contributed by atoms with Gasteiger partial charge in [-0.25, -0.2) is 9.37 Å². The number of carbonyl (C=O) groups is 1. The second kappa shape index (κ2) is 11.3. The predicted molar refractivity (Wildman–Crippen MR) is 138 cm³/mol. The molecule has 7 nitrogen and oxygen atoms in total. The third-order valence-electron chi connectivity index (χ3n) is 6.77. The first-order valence-electron chi connectivity index (χ1n) is 12.4. The lowest BCUT2D eigenvalue weighted by Crippen LogP contribution is -2.23. The maximum Gasteiger partial charge on any atom is 0.309 e. The number of rotatable bonds is 9. The van der Waals surface area contributed by atoms with Crippen LogP contribution in [-0.4, -0.2) is 34.3 Å². The Balaban J connectivity index is 1.66. The van der Waals surface area contributed by atoms with Gasteiger partial charge in [-0.1, -0.05) is 44.2 Å². The maximum atomic E-state index is 14.8. The Morgan fingerprint density at radius 2 is 1.97 bits per heavy atom. The fraction of sp³-hybridized carbons (Fsp3) is 0.379. The number of aliphatic hydroxyl groups excluding tert-OH is 1. The maximum absolute atomic E-state index is 14.8. The molecular weight excluding hydrogens is 475 g/mol. The normalized spacial score (nSPS) is 16.6. The van der Waals surface area contributed by atoms with Gasteiger partial charge >= 0.3 is 5.97 Å². The molecule has 1 aliphatic rings. The van der Waals surface area contributed by atoms with Crippen LogP contribution in [0.1, 0.15) is 61.7 Å². The summed E-state index contributed by atoms with van der Waals surface area (Å²) in [7, 11) is 1.50. The van der Waals surface area contributed by atoms with Gasteiger partial charge in [0.05, 0.1) is 25.3 Å². The summed E-state index contributed by atoms with van der Waals surface area (Å²) in [6.07, 6.45) is 1.34. The Bertz CT molecular complexity index is 1280. The van der Waals surface area contributed by atoms with Gasteiger partial charge in [-0.05, 0) is 53.6 Å². The van der Waals surface area contributed by atoms with E-state index in [0.717, 1.165) is 35.1 Å². The van der Waals surface area contributed by atoms with Crippen LogP contribution < -0.4 is 14.8 Å². The summed E-state index contributed by atoms with van der Waals surface area (Å²) in [6.45, 7) is 6.12. The minimum absolute atomic E-state index is 0.236. The molecule has 1 unspecified atom stereocenters. The van der Waals surface area contributed by atoms with Gasteiger partial charge in [0.1, 0.15) is 17.7 Å². The van der Waals surface area contributed by atoms with E-state index in [2.05, 4.69) is 24.1 Å². The average Bonchev–Trinajstić information content (AvgIpc) is 2.90. The van der Waals surface area contributed by atoms with Crippen molar-refractivity contribution < 1.29 is 28.9 Å². The van der Waals surface area contributed by atoms with Crippen LogP contribution in [0.3, 0.4) is 0 Å². The third kappa shape index (κ3) is 5.92. The highest BCUT2D eigenvalue weighted by Gasteiger charge is 2.27. The van der Waals surface area contributed by atoms with Gasteiger partial charge in [-0.15, -0.1) is 0 Å². The molecule has 3 aromatic rings. The second-order valence-corrected chi connectivity index (χ2v) is 9.74. The highest BCUT2D eigenvalue weighted by molar-refractivity contribution is 5.71. The minimum Gasteiger partial charge on any atom is -0.485 e. The Labute approximate surface area is 216 Å². The number of aryl methyl sites for hydroxylation is 1. The molecule has 1 aromatic heterocycles. The summed E-state index contributed by atoms with van der Waals surface area (Å²) >= 11 is 0. The number of pyridine rings is 1. The molecule has 0 fully saturated rings. The van der Waals surface area contributed by atoms with Gasteiger partial charge in [-0.3, -0.25) is 4.79 Å². The highest BCUT2D eigenvalue weighted by atomic mass is 19.1. The third-order valence-corrected chi connectivity index (χ3v) is 6.77. The monoisotopic (exact) mass is 508 g/mol. The summed E-state index contributed by atoms with van der Waals surface area (Å²) in [5, 5.41) is 23.2. The molecule has 0 amide bonds. The number of nitrogens with one attached hydrogen (secondary N) is 1. The van der Waals surface area contributed by atoms with Crippen molar-refractivity contribution in [2.75, 3.05) is 7.11 Å². The number of carboxylic acid groups (broad SMARTS) is 1. The van der Waals surface area contributed by atoms with E-state index in [0.29, 0.717) is 29.3 Å². The van der Waals surface area contributed by atoms with Gasteiger partial charge in [0.25, 0.3) is 0 Å².